The third-order valence-electron chi connectivity index (χ3n) is 4.15. The summed E-state index contributed by atoms with van der Waals surface area (Å²) in [5.74, 6) is -1.21. The van der Waals surface area contributed by atoms with Gasteiger partial charge in [-0.1, -0.05) is 12.1 Å². The molecule has 0 saturated carbocycles. The smallest absolute Gasteiger partial charge is 0.127 e. The average Bonchev–Trinajstić information content (AvgIpc) is 3.11. The molecule has 26 heavy (non-hydrogen) atoms. The molecular weight excluding hydrogens is 339 g/mol. The molecule has 0 fully saturated rings. The lowest BCUT2D eigenvalue weighted by Gasteiger charge is -2.23. The summed E-state index contributed by atoms with van der Waals surface area (Å²) >= 11 is 0. The van der Waals surface area contributed by atoms with Crippen LogP contribution >= 0.6 is 0 Å². The van der Waals surface area contributed by atoms with E-state index in [0.29, 0.717) is 18.7 Å². The quantitative estimate of drug-likeness (QED) is 0.595. The Morgan fingerprint density at radius 1 is 0.962 bits per heavy atom. The molecule has 0 aliphatic heterocycles. The van der Waals surface area contributed by atoms with E-state index in [4.69, 9.17) is 0 Å². The zero-order chi connectivity index (χ0) is 18.4. The van der Waals surface area contributed by atoms with Gasteiger partial charge in [-0.05, 0) is 42.3 Å². The zero-order valence-electron chi connectivity index (χ0n) is 14.3. The van der Waals surface area contributed by atoms with Gasteiger partial charge in [0.05, 0.1) is 6.33 Å². The molecule has 0 spiro atoms. The molecule has 1 heterocycles. The van der Waals surface area contributed by atoms with Crippen LogP contribution in [0.4, 0.5) is 13.2 Å². The second-order valence-electron chi connectivity index (χ2n) is 6.23. The standard InChI is InChI=1S/C20H20F3N3/c21-18-4-1-3-16(11-18)13-26(9-2-8-25-10-7-24-15-25)14-17-12-19(22)5-6-20(17)23/h1,3-7,10-12,15H,2,8-9,13-14H2. The predicted octanol–water partition coefficient (Wildman–Crippen LogP) is 4.39. The maximum absolute atomic E-state index is 14.0. The van der Waals surface area contributed by atoms with Crippen LogP contribution in [0.2, 0.25) is 0 Å². The Kier molecular flexibility index (Phi) is 6.07. The van der Waals surface area contributed by atoms with Crippen molar-refractivity contribution in [3.8, 4) is 0 Å². The van der Waals surface area contributed by atoms with E-state index in [9.17, 15) is 13.2 Å². The largest absolute Gasteiger partial charge is 0.337 e. The van der Waals surface area contributed by atoms with Gasteiger partial charge in [0.15, 0.2) is 0 Å². The van der Waals surface area contributed by atoms with Gasteiger partial charge < -0.3 is 4.57 Å². The van der Waals surface area contributed by atoms with E-state index < -0.39 is 11.6 Å². The molecule has 0 aliphatic carbocycles. The van der Waals surface area contributed by atoms with Gasteiger partial charge in [-0.25, -0.2) is 18.2 Å². The Morgan fingerprint density at radius 2 is 1.81 bits per heavy atom. The van der Waals surface area contributed by atoms with Gasteiger partial charge in [0, 0.05) is 44.1 Å². The normalized spacial score (nSPS) is 11.2. The highest BCUT2D eigenvalue weighted by atomic mass is 19.1. The van der Waals surface area contributed by atoms with Crippen LogP contribution in [0.3, 0.4) is 0 Å². The molecule has 0 saturated heterocycles. The number of nitrogens with zero attached hydrogens (tertiary/aromatic N) is 3. The van der Waals surface area contributed by atoms with E-state index in [1.54, 1.807) is 18.6 Å². The highest BCUT2D eigenvalue weighted by Crippen LogP contribution is 2.16. The maximum atomic E-state index is 14.0. The number of rotatable bonds is 8. The van der Waals surface area contributed by atoms with Gasteiger partial charge in [-0.2, -0.15) is 0 Å². The van der Waals surface area contributed by atoms with E-state index in [1.165, 1.54) is 18.2 Å². The summed E-state index contributed by atoms with van der Waals surface area (Å²) in [5.41, 5.74) is 1.09. The molecule has 6 heteroatoms. The molecule has 1 aromatic heterocycles. The van der Waals surface area contributed by atoms with Gasteiger partial charge >= 0.3 is 0 Å². The fraction of sp³-hybridized carbons (Fsp3) is 0.250. The third kappa shape index (κ3) is 5.20. The van der Waals surface area contributed by atoms with Crippen LogP contribution in [0.1, 0.15) is 17.5 Å². The first-order valence-electron chi connectivity index (χ1n) is 8.46. The van der Waals surface area contributed by atoms with Crippen LogP contribution in [0.15, 0.2) is 61.2 Å². The summed E-state index contributed by atoms with van der Waals surface area (Å²) in [6.45, 7) is 2.14. The molecule has 0 aliphatic rings. The van der Waals surface area contributed by atoms with Crippen LogP contribution in [0.25, 0.3) is 0 Å². The third-order valence-corrected chi connectivity index (χ3v) is 4.15. The first-order valence-corrected chi connectivity index (χ1v) is 8.46. The van der Waals surface area contributed by atoms with Crippen LogP contribution < -0.4 is 0 Å². The van der Waals surface area contributed by atoms with Crippen molar-refractivity contribution in [2.75, 3.05) is 6.54 Å². The number of aromatic nitrogens is 2. The minimum absolute atomic E-state index is 0.254. The molecule has 2 aromatic carbocycles. The highest BCUT2D eigenvalue weighted by molar-refractivity contribution is 5.20. The van der Waals surface area contributed by atoms with E-state index in [2.05, 4.69) is 4.98 Å². The Balaban J connectivity index is 1.70. The number of imidazole rings is 1. The second-order valence-corrected chi connectivity index (χ2v) is 6.23. The fourth-order valence-electron chi connectivity index (χ4n) is 2.91. The summed E-state index contributed by atoms with van der Waals surface area (Å²) < 4.78 is 42.9. The van der Waals surface area contributed by atoms with Crippen molar-refractivity contribution < 1.29 is 13.2 Å². The fourth-order valence-corrected chi connectivity index (χ4v) is 2.91. The molecular formula is C20H20F3N3. The maximum Gasteiger partial charge on any atom is 0.127 e. The number of hydrogen-bond donors (Lipinski definition) is 0. The first-order chi connectivity index (χ1) is 12.6. The molecule has 0 amide bonds. The number of benzene rings is 2. The van der Waals surface area contributed by atoms with Crippen molar-refractivity contribution >= 4 is 0 Å². The average molecular weight is 359 g/mol. The summed E-state index contributed by atoms with van der Waals surface area (Å²) in [4.78, 5) is 5.99. The molecule has 0 atom stereocenters. The summed E-state index contributed by atoms with van der Waals surface area (Å²) in [7, 11) is 0. The van der Waals surface area contributed by atoms with Crippen LogP contribution in [-0.2, 0) is 19.6 Å². The van der Waals surface area contributed by atoms with Crippen molar-refractivity contribution in [3.63, 3.8) is 0 Å². The van der Waals surface area contributed by atoms with Gasteiger partial charge in [-0.3, -0.25) is 4.90 Å². The van der Waals surface area contributed by atoms with Crippen LogP contribution in [0, 0.1) is 17.5 Å². The Labute approximate surface area is 150 Å². The van der Waals surface area contributed by atoms with Gasteiger partial charge in [0.2, 0.25) is 0 Å². The summed E-state index contributed by atoms with van der Waals surface area (Å²) in [6.07, 6.45) is 6.14. The predicted molar refractivity (Wildman–Crippen MR) is 93.7 cm³/mol. The number of halogens is 3. The zero-order valence-corrected chi connectivity index (χ0v) is 14.3. The van der Waals surface area contributed by atoms with Gasteiger partial charge in [-0.15, -0.1) is 0 Å². The SMILES string of the molecule is Fc1cccc(CN(CCCn2ccnc2)Cc2cc(F)ccc2F)c1. The van der Waals surface area contributed by atoms with Crippen molar-refractivity contribution in [2.24, 2.45) is 0 Å². The molecule has 0 bridgehead atoms. The van der Waals surface area contributed by atoms with Crippen molar-refractivity contribution in [1.82, 2.24) is 14.5 Å². The van der Waals surface area contributed by atoms with E-state index in [-0.39, 0.29) is 12.4 Å². The molecule has 3 rings (SSSR count). The van der Waals surface area contributed by atoms with E-state index in [1.807, 2.05) is 21.7 Å². The Bertz CT molecular complexity index is 834. The Morgan fingerprint density at radius 3 is 2.58 bits per heavy atom. The highest BCUT2D eigenvalue weighted by Gasteiger charge is 2.12. The number of hydrogen-bond acceptors (Lipinski definition) is 2. The monoisotopic (exact) mass is 359 g/mol. The molecule has 3 nitrogen and oxygen atoms in total. The molecule has 3 aromatic rings. The lowest BCUT2D eigenvalue weighted by atomic mass is 10.1. The van der Waals surface area contributed by atoms with Crippen LogP contribution in [0.5, 0.6) is 0 Å². The summed E-state index contributed by atoms with van der Waals surface area (Å²) in [5, 5.41) is 0. The topological polar surface area (TPSA) is 21.1 Å². The molecule has 0 radical (unpaired) electrons. The van der Waals surface area contributed by atoms with E-state index >= 15 is 0 Å². The van der Waals surface area contributed by atoms with Crippen molar-refractivity contribution in [1.29, 1.82) is 0 Å². The lowest BCUT2D eigenvalue weighted by molar-refractivity contribution is 0.244. The summed E-state index contributed by atoms with van der Waals surface area (Å²) in [6, 6.07) is 9.78. The number of aryl methyl sites for hydroxylation is 1. The molecule has 136 valence electrons. The first kappa shape index (κ1) is 18.2. The van der Waals surface area contributed by atoms with Gasteiger partial charge in [0.1, 0.15) is 17.5 Å². The lowest BCUT2D eigenvalue weighted by Crippen LogP contribution is -2.25. The second kappa shape index (κ2) is 8.67. The minimum atomic E-state index is -0.467. The Hall–Kier alpha value is -2.60. The minimum Gasteiger partial charge on any atom is -0.337 e. The van der Waals surface area contributed by atoms with Crippen LogP contribution in [-0.4, -0.2) is 21.0 Å². The van der Waals surface area contributed by atoms with E-state index in [0.717, 1.165) is 30.7 Å². The molecule has 0 unspecified atom stereocenters. The van der Waals surface area contributed by atoms with Gasteiger partial charge in [0.25, 0.3) is 0 Å². The van der Waals surface area contributed by atoms with Crippen molar-refractivity contribution in [3.05, 3.63) is 89.8 Å². The molecule has 0 N–H and O–H groups in total. The van der Waals surface area contributed by atoms with Crippen molar-refractivity contribution in [2.45, 2.75) is 26.1 Å².